The number of hydrogen-bond donors (Lipinski definition) is 3. The minimum Gasteiger partial charge on any atom is -0.493 e. The van der Waals surface area contributed by atoms with Gasteiger partial charge in [-0.05, 0) is 60.2 Å². The number of rotatable bonds is 8. The molecule has 3 rings (SSSR count). The Morgan fingerprint density at radius 2 is 1.56 bits per heavy atom. The molecule has 0 radical (unpaired) electrons. The van der Waals surface area contributed by atoms with Crippen LogP contribution in [-0.4, -0.2) is 23.5 Å². The van der Waals surface area contributed by atoms with Crippen molar-refractivity contribution in [2.75, 3.05) is 17.2 Å². The highest BCUT2D eigenvalue weighted by molar-refractivity contribution is 7.80. The van der Waals surface area contributed by atoms with E-state index in [0.29, 0.717) is 35.7 Å². The summed E-state index contributed by atoms with van der Waals surface area (Å²) in [5, 5.41) is 8.55. The molecule has 7 heteroatoms. The highest BCUT2D eigenvalue weighted by Crippen LogP contribution is 2.16. The molecule has 0 bridgehead atoms. The fraction of sp³-hybridized carbons (Fsp3) is 0.160. The first kappa shape index (κ1) is 23.0. The van der Waals surface area contributed by atoms with Crippen molar-refractivity contribution in [1.82, 2.24) is 5.32 Å². The predicted octanol–water partition coefficient (Wildman–Crippen LogP) is 4.78. The molecule has 0 unspecified atom stereocenters. The van der Waals surface area contributed by atoms with Crippen molar-refractivity contribution in [1.29, 1.82) is 0 Å². The van der Waals surface area contributed by atoms with Crippen LogP contribution in [0.5, 0.6) is 5.75 Å². The normalized spacial score (nSPS) is 10.2. The Kier molecular flexibility index (Phi) is 8.34. The molecule has 0 aliphatic rings. The summed E-state index contributed by atoms with van der Waals surface area (Å²) in [5.41, 5.74) is 2.99. The first-order chi connectivity index (χ1) is 15.5. The lowest BCUT2D eigenvalue weighted by Gasteiger charge is -2.12. The van der Waals surface area contributed by atoms with E-state index in [4.69, 9.17) is 17.0 Å². The van der Waals surface area contributed by atoms with Crippen LogP contribution in [0.4, 0.5) is 11.4 Å². The Hall–Kier alpha value is -3.71. The summed E-state index contributed by atoms with van der Waals surface area (Å²) in [4.78, 5) is 24.0. The lowest BCUT2D eigenvalue weighted by Crippen LogP contribution is -2.34. The maximum atomic E-state index is 12.5. The topological polar surface area (TPSA) is 79.5 Å². The minimum atomic E-state index is -0.325. The van der Waals surface area contributed by atoms with Crippen molar-refractivity contribution in [2.24, 2.45) is 0 Å². The van der Waals surface area contributed by atoms with E-state index >= 15 is 0 Å². The number of carbonyl (C=O) groups is 2. The standard InChI is InChI=1S/C25H25N3O3S/c1-2-23(29)26-20-9-6-10-21(17-20)27-25(32)28-24(30)19-11-13-22(14-12-19)31-16-15-18-7-4-3-5-8-18/h3-14,17H,2,15-16H2,1H3,(H,26,29)(H2,27,28,30,32). The number of anilines is 2. The van der Waals surface area contributed by atoms with Crippen LogP contribution in [-0.2, 0) is 11.2 Å². The van der Waals surface area contributed by atoms with E-state index in [9.17, 15) is 9.59 Å². The van der Waals surface area contributed by atoms with E-state index in [2.05, 4.69) is 28.1 Å². The fourth-order valence-electron chi connectivity index (χ4n) is 2.90. The van der Waals surface area contributed by atoms with Gasteiger partial charge in [0, 0.05) is 29.8 Å². The van der Waals surface area contributed by atoms with Gasteiger partial charge in [0.25, 0.3) is 5.91 Å². The van der Waals surface area contributed by atoms with Crippen LogP contribution in [0.3, 0.4) is 0 Å². The molecule has 164 valence electrons. The monoisotopic (exact) mass is 447 g/mol. The molecule has 6 nitrogen and oxygen atoms in total. The zero-order valence-electron chi connectivity index (χ0n) is 17.8. The summed E-state index contributed by atoms with van der Waals surface area (Å²) < 4.78 is 5.75. The van der Waals surface area contributed by atoms with E-state index in [-0.39, 0.29) is 16.9 Å². The Balaban J connectivity index is 1.48. The number of amides is 2. The SMILES string of the molecule is CCC(=O)Nc1cccc(NC(=S)NC(=O)c2ccc(OCCc3ccccc3)cc2)c1. The van der Waals surface area contributed by atoms with Crippen LogP contribution >= 0.6 is 12.2 Å². The zero-order valence-corrected chi connectivity index (χ0v) is 18.6. The second-order valence-electron chi connectivity index (χ2n) is 7.00. The van der Waals surface area contributed by atoms with E-state index in [0.717, 1.165) is 6.42 Å². The summed E-state index contributed by atoms with van der Waals surface area (Å²) in [6.45, 7) is 2.34. The third-order valence-electron chi connectivity index (χ3n) is 4.57. The summed E-state index contributed by atoms with van der Waals surface area (Å²) in [6, 6.07) is 24.1. The molecule has 0 spiro atoms. The summed E-state index contributed by atoms with van der Waals surface area (Å²) in [6.07, 6.45) is 1.20. The maximum Gasteiger partial charge on any atom is 0.257 e. The molecule has 0 aliphatic carbocycles. The van der Waals surface area contributed by atoms with Gasteiger partial charge in [-0.15, -0.1) is 0 Å². The molecule has 0 saturated heterocycles. The van der Waals surface area contributed by atoms with Crippen molar-refractivity contribution in [3.05, 3.63) is 90.0 Å². The molecule has 0 saturated carbocycles. The Morgan fingerprint density at radius 1 is 0.875 bits per heavy atom. The first-order valence-electron chi connectivity index (χ1n) is 10.3. The van der Waals surface area contributed by atoms with Gasteiger partial charge in [0.15, 0.2) is 5.11 Å². The number of benzene rings is 3. The van der Waals surface area contributed by atoms with Gasteiger partial charge in [-0.2, -0.15) is 0 Å². The van der Waals surface area contributed by atoms with Crippen LogP contribution in [0.25, 0.3) is 0 Å². The van der Waals surface area contributed by atoms with Crippen molar-refractivity contribution in [3.63, 3.8) is 0 Å². The summed E-state index contributed by atoms with van der Waals surface area (Å²) >= 11 is 5.24. The van der Waals surface area contributed by atoms with Crippen LogP contribution in [0, 0.1) is 0 Å². The predicted molar refractivity (Wildman–Crippen MR) is 131 cm³/mol. The van der Waals surface area contributed by atoms with Gasteiger partial charge in [-0.25, -0.2) is 0 Å². The second kappa shape index (κ2) is 11.6. The zero-order chi connectivity index (χ0) is 22.8. The largest absolute Gasteiger partial charge is 0.493 e. The molecule has 3 aromatic carbocycles. The molecule has 0 atom stereocenters. The van der Waals surface area contributed by atoms with Crippen LogP contribution in [0.15, 0.2) is 78.9 Å². The Morgan fingerprint density at radius 3 is 2.25 bits per heavy atom. The highest BCUT2D eigenvalue weighted by atomic mass is 32.1. The van der Waals surface area contributed by atoms with E-state index in [1.807, 2.05) is 18.2 Å². The summed E-state index contributed by atoms with van der Waals surface area (Å²) in [5.74, 6) is 0.295. The molecule has 3 N–H and O–H groups in total. The number of ether oxygens (including phenoxy) is 1. The second-order valence-corrected chi connectivity index (χ2v) is 7.41. The lowest BCUT2D eigenvalue weighted by molar-refractivity contribution is -0.115. The molecule has 3 aromatic rings. The van der Waals surface area contributed by atoms with Gasteiger partial charge >= 0.3 is 0 Å². The lowest BCUT2D eigenvalue weighted by atomic mass is 10.2. The number of carbonyl (C=O) groups excluding carboxylic acids is 2. The smallest absolute Gasteiger partial charge is 0.257 e. The molecule has 0 aliphatic heterocycles. The highest BCUT2D eigenvalue weighted by Gasteiger charge is 2.09. The van der Waals surface area contributed by atoms with Gasteiger partial charge in [-0.3, -0.25) is 14.9 Å². The van der Waals surface area contributed by atoms with Gasteiger partial charge < -0.3 is 15.4 Å². The third kappa shape index (κ3) is 7.21. The third-order valence-corrected chi connectivity index (χ3v) is 4.78. The van der Waals surface area contributed by atoms with Gasteiger partial charge in [0.05, 0.1) is 6.61 Å². The molecule has 32 heavy (non-hydrogen) atoms. The molecule has 0 heterocycles. The van der Waals surface area contributed by atoms with E-state index in [1.165, 1.54) is 5.56 Å². The van der Waals surface area contributed by atoms with Crippen LogP contribution in [0.1, 0.15) is 29.3 Å². The van der Waals surface area contributed by atoms with Gasteiger partial charge in [-0.1, -0.05) is 43.3 Å². The van der Waals surface area contributed by atoms with Gasteiger partial charge in [0.1, 0.15) is 5.75 Å². The average molecular weight is 448 g/mol. The quantitative estimate of drug-likeness (QED) is 0.433. The average Bonchev–Trinajstić information content (AvgIpc) is 2.80. The number of nitrogens with one attached hydrogen (secondary N) is 3. The molecule has 2 amide bonds. The maximum absolute atomic E-state index is 12.5. The Labute approximate surface area is 193 Å². The minimum absolute atomic E-state index is 0.0782. The molecular formula is C25H25N3O3S. The molecule has 0 aromatic heterocycles. The molecular weight excluding hydrogens is 422 g/mol. The molecule has 0 fully saturated rings. The van der Waals surface area contributed by atoms with Crippen LogP contribution in [0.2, 0.25) is 0 Å². The number of thiocarbonyl (C=S) groups is 1. The van der Waals surface area contributed by atoms with Crippen LogP contribution < -0.4 is 20.7 Å². The summed E-state index contributed by atoms with van der Waals surface area (Å²) in [7, 11) is 0. The first-order valence-corrected chi connectivity index (χ1v) is 10.7. The van der Waals surface area contributed by atoms with Gasteiger partial charge in [0.2, 0.25) is 5.91 Å². The fourth-order valence-corrected chi connectivity index (χ4v) is 3.11. The Bertz CT molecular complexity index is 1070. The number of hydrogen-bond acceptors (Lipinski definition) is 4. The van der Waals surface area contributed by atoms with Crippen molar-refractivity contribution < 1.29 is 14.3 Å². The van der Waals surface area contributed by atoms with Crippen molar-refractivity contribution in [3.8, 4) is 5.75 Å². The van der Waals surface area contributed by atoms with E-state index in [1.54, 1.807) is 55.5 Å². The van der Waals surface area contributed by atoms with Crippen molar-refractivity contribution >= 4 is 40.5 Å². The van der Waals surface area contributed by atoms with E-state index < -0.39 is 0 Å². The van der Waals surface area contributed by atoms with Crippen molar-refractivity contribution in [2.45, 2.75) is 19.8 Å².